The van der Waals surface area contributed by atoms with Gasteiger partial charge in [-0.1, -0.05) is 47.7 Å². The van der Waals surface area contributed by atoms with Crippen LogP contribution >= 0.6 is 11.5 Å². The Morgan fingerprint density at radius 2 is 1.82 bits per heavy atom. The summed E-state index contributed by atoms with van der Waals surface area (Å²) in [5, 5.41) is 14.8. The predicted molar refractivity (Wildman–Crippen MR) is 67.7 cm³/mol. The Bertz CT molecular complexity index is 503. The van der Waals surface area contributed by atoms with E-state index in [1.807, 2.05) is 30.3 Å². The lowest BCUT2D eigenvalue weighted by Gasteiger charge is -2.20. The minimum Gasteiger partial charge on any atom is -0.383 e. The molecule has 88 valence electrons. The molecule has 2 aromatic rings. The van der Waals surface area contributed by atoms with Gasteiger partial charge in [0, 0.05) is 0 Å². The Hall–Kier alpha value is -1.26. The maximum atomic E-state index is 10.6. The monoisotopic (exact) mass is 246 g/mol. The Labute approximate surface area is 104 Å². The van der Waals surface area contributed by atoms with Crippen LogP contribution < -0.4 is 0 Å². The lowest BCUT2D eigenvalue weighted by Crippen LogP contribution is -2.22. The molecule has 1 saturated carbocycles. The van der Waals surface area contributed by atoms with Crippen LogP contribution in [0.2, 0.25) is 0 Å². The maximum Gasteiger partial charge on any atom is 0.115 e. The molecule has 4 heteroatoms. The molecule has 1 aliphatic carbocycles. The lowest BCUT2D eigenvalue weighted by molar-refractivity contribution is 0.0405. The minimum atomic E-state index is -0.752. The summed E-state index contributed by atoms with van der Waals surface area (Å²) in [5.74, 6) is 0. The van der Waals surface area contributed by atoms with E-state index in [0.29, 0.717) is 0 Å². The van der Waals surface area contributed by atoms with Crippen molar-refractivity contribution in [1.82, 2.24) is 9.59 Å². The normalized spacial score (nSPS) is 18.4. The van der Waals surface area contributed by atoms with Gasteiger partial charge < -0.3 is 5.11 Å². The molecular weight excluding hydrogens is 232 g/mol. The van der Waals surface area contributed by atoms with Gasteiger partial charge in [0.05, 0.1) is 4.88 Å². The summed E-state index contributed by atoms with van der Waals surface area (Å²) >= 11 is 1.37. The second-order valence-electron chi connectivity index (χ2n) is 4.56. The predicted octanol–water partition coefficient (Wildman–Crippen LogP) is 2.97. The SMILES string of the molecule is OC1(c2nnsc2-c2ccccc2)CCCC1. The molecule has 1 aromatic carbocycles. The van der Waals surface area contributed by atoms with Crippen molar-refractivity contribution in [3.8, 4) is 10.4 Å². The number of hydrogen-bond acceptors (Lipinski definition) is 4. The number of hydrogen-bond donors (Lipinski definition) is 1. The van der Waals surface area contributed by atoms with Crippen LogP contribution in [-0.2, 0) is 5.60 Å². The molecule has 17 heavy (non-hydrogen) atoms. The largest absolute Gasteiger partial charge is 0.383 e. The minimum absolute atomic E-state index is 0.752. The van der Waals surface area contributed by atoms with E-state index in [1.54, 1.807) is 0 Å². The van der Waals surface area contributed by atoms with Crippen LogP contribution in [0, 0.1) is 0 Å². The van der Waals surface area contributed by atoms with Crippen molar-refractivity contribution >= 4 is 11.5 Å². The van der Waals surface area contributed by atoms with Gasteiger partial charge in [-0.3, -0.25) is 0 Å². The standard InChI is InChI=1S/C13H14N2OS/c16-13(8-4-5-9-13)12-11(17-15-14-12)10-6-2-1-3-7-10/h1-3,6-7,16H,4-5,8-9H2. The van der Waals surface area contributed by atoms with Crippen molar-refractivity contribution in [1.29, 1.82) is 0 Å². The molecule has 1 heterocycles. The van der Waals surface area contributed by atoms with Gasteiger partial charge in [0.2, 0.25) is 0 Å². The maximum absolute atomic E-state index is 10.6. The number of benzene rings is 1. The molecule has 0 atom stereocenters. The molecule has 0 spiro atoms. The van der Waals surface area contributed by atoms with Gasteiger partial charge in [-0.15, -0.1) is 5.10 Å². The van der Waals surface area contributed by atoms with Crippen LogP contribution in [0.1, 0.15) is 31.4 Å². The summed E-state index contributed by atoms with van der Waals surface area (Å²) < 4.78 is 4.02. The molecule has 0 amide bonds. The number of nitrogens with zero attached hydrogens (tertiary/aromatic N) is 2. The van der Waals surface area contributed by atoms with E-state index in [4.69, 9.17) is 0 Å². The fourth-order valence-corrected chi connectivity index (χ4v) is 3.23. The number of rotatable bonds is 2. The average molecular weight is 246 g/mol. The first-order valence-electron chi connectivity index (χ1n) is 5.90. The summed E-state index contributed by atoms with van der Waals surface area (Å²) in [7, 11) is 0. The van der Waals surface area contributed by atoms with E-state index in [2.05, 4.69) is 9.59 Å². The highest BCUT2D eigenvalue weighted by Crippen LogP contribution is 2.42. The molecule has 1 aromatic heterocycles. The first-order valence-corrected chi connectivity index (χ1v) is 6.68. The van der Waals surface area contributed by atoms with Gasteiger partial charge in [-0.05, 0) is 29.9 Å². The van der Waals surface area contributed by atoms with Crippen LogP contribution in [0.3, 0.4) is 0 Å². The molecule has 1 fully saturated rings. The lowest BCUT2D eigenvalue weighted by atomic mass is 9.95. The third-order valence-corrected chi connectivity index (χ3v) is 4.17. The zero-order valence-electron chi connectivity index (χ0n) is 9.47. The van der Waals surface area contributed by atoms with E-state index in [9.17, 15) is 5.11 Å². The second kappa shape index (κ2) is 4.20. The number of aliphatic hydroxyl groups is 1. The third kappa shape index (κ3) is 1.87. The van der Waals surface area contributed by atoms with Crippen LogP contribution in [0.25, 0.3) is 10.4 Å². The topological polar surface area (TPSA) is 46.0 Å². The van der Waals surface area contributed by atoms with Crippen LogP contribution in [0.15, 0.2) is 30.3 Å². The van der Waals surface area contributed by atoms with Crippen molar-refractivity contribution in [2.75, 3.05) is 0 Å². The van der Waals surface area contributed by atoms with Crippen LogP contribution in [-0.4, -0.2) is 14.7 Å². The molecule has 0 bridgehead atoms. The van der Waals surface area contributed by atoms with Crippen molar-refractivity contribution in [2.24, 2.45) is 0 Å². The molecule has 3 nitrogen and oxygen atoms in total. The van der Waals surface area contributed by atoms with Crippen molar-refractivity contribution in [3.05, 3.63) is 36.0 Å². The summed E-state index contributed by atoms with van der Waals surface area (Å²) in [6, 6.07) is 10.1. The highest BCUT2D eigenvalue weighted by molar-refractivity contribution is 7.09. The first-order chi connectivity index (χ1) is 8.30. The van der Waals surface area contributed by atoms with E-state index in [-0.39, 0.29) is 0 Å². The molecular formula is C13H14N2OS. The molecule has 0 saturated heterocycles. The molecule has 0 unspecified atom stereocenters. The van der Waals surface area contributed by atoms with Crippen molar-refractivity contribution < 1.29 is 5.11 Å². The molecule has 1 aliphatic rings. The molecule has 0 radical (unpaired) electrons. The highest BCUT2D eigenvalue weighted by Gasteiger charge is 2.37. The Morgan fingerprint density at radius 3 is 2.53 bits per heavy atom. The second-order valence-corrected chi connectivity index (χ2v) is 5.31. The fourth-order valence-electron chi connectivity index (χ4n) is 2.47. The zero-order chi connectivity index (χ0) is 11.7. The van der Waals surface area contributed by atoms with Gasteiger partial charge in [0.1, 0.15) is 11.3 Å². The van der Waals surface area contributed by atoms with Gasteiger partial charge in [0.15, 0.2) is 0 Å². The first kappa shape index (κ1) is 10.9. The summed E-state index contributed by atoms with van der Waals surface area (Å²) in [6.07, 6.45) is 3.75. The van der Waals surface area contributed by atoms with Gasteiger partial charge in [-0.25, -0.2) is 0 Å². The van der Waals surface area contributed by atoms with E-state index in [0.717, 1.165) is 41.8 Å². The Balaban J connectivity index is 2.05. The Kier molecular flexibility index (Phi) is 2.68. The third-order valence-electron chi connectivity index (χ3n) is 3.40. The van der Waals surface area contributed by atoms with Crippen LogP contribution in [0.5, 0.6) is 0 Å². The van der Waals surface area contributed by atoms with Crippen molar-refractivity contribution in [2.45, 2.75) is 31.3 Å². The number of aromatic nitrogens is 2. The average Bonchev–Trinajstić information content (AvgIpc) is 2.99. The molecule has 1 N–H and O–H groups in total. The van der Waals surface area contributed by atoms with E-state index in [1.165, 1.54) is 11.5 Å². The Morgan fingerprint density at radius 1 is 1.12 bits per heavy atom. The fraction of sp³-hybridized carbons (Fsp3) is 0.385. The summed E-state index contributed by atoms with van der Waals surface area (Å²) in [6.45, 7) is 0. The smallest absolute Gasteiger partial charge is 0.115 e. The van der Waals surface area contributed by atoms with Crippen molar-refractivity contribution in [3.63, 3.8) is 0 Å². The summed E-state index contributed by atoms with van der Waals surface area (Å²) in [4.78, 5) is 1.01. The quantitative estimate of drug-likeness (QED) is 0.886. The van der Waals surface area contributed by atoms with E-state index < -0.39 is 5.60 Å². The van der Waals surface area contributed by atoms with Crippen LogP contribution in [0.4, 0.5) is 0 Å². The zero-order valence-corrected chi connectivity index (χ0v) is 10.3. The van der Waals surface area contributed by atoms with E-state index >= 15 is 0 Å². The highest BCUT2D eigenvalue weighted by atomic mass is 32.1. The van der Waals surface area contributed by atoms with Gasteiger partial charge >= 0.3 is 0 Å². The van der Waals surface area contributed by atoms with Gasteiger partial charge in [0.25, 0.3) is 0 Å². The molecule has 0 aliphatic heterocycles. The van der Waals surface area contributed by atoms with Gasteiger partial charge in [-0.2, -0.15) is 0 Å². The molecule has 3 rings (SSSR count). The summed E-state index contributed by atoms with van der Waals surface area (Å²) in [5.41, 5.74) is 1.11.